The molecule has 6 heteroatoms. The topological polar surface area (TPSA) is 101 Å². The van der Waals surface area contributed by atoms with Crippen LogP contribution in [0, 0.1) is 0 Å². The standard InChI is InChI=1S/C24H20N6/c25-19-5-13-23(14-6-19)29-27-21-9-1-17(2-10-21)18-3-11-22(12-4-18)28-30-24-15-7-20(26)8-16-24/h1-16H,25-26H2. The van der Waals surface area contributed by atoms with Crippen molar-refractivity contribution < 1.29 is 0 Å². The van der Waals surface area contributed by atoms with E-state index in [1.807, 2.05) is 72.8 Å². The monoisotopic (exact) mass is 392 g/mol. The number of nitrogens with zero attached hydrogens (tertiary/aromatic N) is 4. The largest absolute Gasteiger partial charge is 0.399 e. The summed E-state index contributed by atoms with van der Waals surface area (Å²) < 4.78 is 0. The predicted octanol–water partition coefficient (Wildman–Crippen LogP) is 7.35. The van der Waals surface area contributed by atoms with Crippen molar-refractivity contribution in [1.82, 2.24) is 0 Å². The zero-order chi connectivity index (χ0) is 20.8. The van der Waals surface area contributed by atoms with Crippen LogP contribution < -0.4 is 11.5 Å². The number of benzene rings is 4. The molecule has 0 aliphatic rings. The molecule has 0 aliphatic heterocycles. The number of azo groups is 2. The highest BCUT2D eigenvalue weighted by molar-refractivity contribution is 5.67. The molecule has 0 spiro atoms. The van der Waals surface area contributed by atoms with Crippen LogP contribution in [0.2, 0.25) is 0 Å². The molecule has 4 aromatic carbocycles. The maximum absolute atomic E-state index is 5.68. The first kappa shape index (κ1) is 19.0. The number of rotatable bonds is 5. The highest BCUT2D eigenvalue weighted by atomic mass is 15.1. The van der Waals surface area contributed by atoms with E-state index >= 15 is 0 Å². The Labute approximate surface area is 174 Å². The SMILES string of the molecule is Nc1ccc(N=Nc2ccc(-c3ccc(N=Nc4ccc(N)cc4)cc3)cc2)cc1. The molecule has 0 aromatic heterocycles. The van der Waals surface area contributed by atoms with Gasteiger partial charge >= 0.3 is 0 Å². The van der Waals surface area contributed by atoms with Crippen LogP contribution in [0.25, 0.3) is 11.1 Å². The summed E-state index contributed by atoms with van der Waals surface area (Å²) in [4.78, 5) is 0. The van der Waals surface area contributed by atoms with E-state index < -0.39 is 0 Å². The van der Waals surface area contributed by atoms with Crippen LogP contribution in [0.5, 0.6) is 0 Å². The average Bonchev–Trinajstić information content (AvgIpc) is 2.79. The lowest BCUT2D eigenvalue weighted by atomic mass is 10.1. The first-order chi connectivity index (χ1) is 14.7. The maximum atomic E-state index is 5.68. The molecule has 0 saturated heterocycles. The molecule has 4 rings (SSSR count). The minimum absolute atomic E-state index is 0.705. The molecule has 4 aromatic rings. The fourth-order valence-electron chi connectivity index (χ4n) is 2.75. The van der Waals surface area contributed by atoms with Gasteiger partial charge in [0, 0.05) is 11.4 Å². The first-order valence-electron chi connectivity index (χ1n) is 9.41. The fraction of sp³-hybridized carbons (Fsp3) is 0. The Morgan fingerprint density at radius 3 is 0.833 bits per heavy atom. The van der Waals surface area contributed by atoms with Gasteiger partial charge in [-0.1, -0.05) is 24.3 Å². The quantitative estimate of drug-likeness (QED) is 0.274. The molecule has 146 valence electrons. The van der Waals surface area contributed by atoms with Crippen LogP contribution in [-0.4, -0.2) is 0 Å². The van der Waals surface area contributed by atoms with Crippen molar-refractivity contribution in [1.29, 1.82) is 0 Å². The van der Waals surface area contributed by atoms with E-state index in [2.05, 4.69) is 20.5 Å². The van der Waals surface area contributed by atoms with Crippen LogP contribution in [0.3, 0.4) is 0 Å². The molecule has 0 unspecified atom stereocenters. The molecule has 0 saturated carbocycles. The number of nitrogen functional groups attached to an aromatic ring is 2. The highest BCUT2D eigenvalue weighted by Crippen LogP contribution is 2.27. The van der Waals surface area contributed by atoms with Gasteiger partial charge in [0.25, 0.3) is 0 Å². The summed E-state index contributed by atoms with van der Waals surface area (Å²) in [5.41, 5.74) is 18.0. The van der Waals surface area contributed by atoms with Crippen molar-refractivity contribution in [2.45, 2.75) is 0 Å². The molecule has 0 atom stereocenters. The Kier molecular flexibility index (Phi) is 5.57. The number of anilines is 2. The fourth-order valence-corrected chi connectivity index (χ4v) is 2.75. The molecule has 6 nitrogen and oxygen atoms in total. The van der Waals surface area contributed by atoms with E-state index in [1.54, 1.807) is 24.3 Å². The molecular formula is C24H20N6. The Hall–Kier alpha value is -4.32. The minimum atomic E-state index is 0.705. The van der Waals surface area contributed by atoms with E-state index in [9.17, 15) is 0 Å². The van der Waals surface area contributed by atoms with Gasteiger partial charge in [-0.25, -0.2) is 0 Å². The Bertz CT molecular complexity index is 1060. The molecule has 0 bridgehead atoms. The molecular weight excluding hydrogens is 372 g/mol. The molecule has 30 heavy (non-hydrogen) atoms. The molecule has 0 aliphatic carbocycles. The van der Waals surface area contributed by atoms with Crippen LogP contribution >= 0.6 is 0 Å². The third-order valence-electron chi connectivity index (χ3n) is 4.42. The molecule has 0 amide bonds. The summed E-state index contributed by atoms with van der Waals surface area (Å²) in [7, 11) is 0. The van der Waals surface area contributed by atoms with E-state index in [0.29, 0.717) is 11.4 Å². The summed E-state index contributed by atoms with van der Waals surface area (Å²) in [6, 6.07) is 30.3. The Balaban J connectivity index is 1.42. The lowest BCUT2D eigenvalue weighted by Gasteiger charge is -2.02. The van der Waals surface area contributed by atoms with Crippen molar-refractivity contribution >= 4 is 34.1 Å². The molecule has 0 heterocycles. The van der Waals surface area contributed by atoms with Crippen molar-refractivity contribution in [3.05, 3.63) is 97.1 Å². The van der Waals surface area contributed by atoms with Gasteiger partial charge in [-0.15, -0.1) is 0 Å². The Morgan fingerprint density at radius 1 is 0.333 bits per heavy atom. The second-order valence-electron chi connectivity index (χ2n) is 6.68. The number of nitrogens with two attached hydrogens (primary N) is 2. The van der Waals surface area contributed by atoms with Crippen molar-refractivity contribution in [3.8, 4) is 11.1 Å². The van der Waals surface area contributed by atoms with E-state index in [-0.39, 0.29) is 0 Å². The van der Waals surface area contributed by atoms with Crippen LogP contribution in [0.15, 0.2) is 118 Å². The predicted molar refractivity (Wildman–Crippen MR) is 122 cm³/mol. The van der Waals surface area contributed by atoms with E-state index in [4.69, 9.17) is 11.5 Å². The molecule has 4 N–H and O–H groups in total. The third-order valence-corrected chi connectivity index (χ3v) is 4.42. The summed E-state index contributed by atoms with van der Waals surface area (Å²) in [6.45, 7) is 0. The van der Waals surface area contributed by atoms with Gasteiger partial charge < -0.3 is 11.5 Å². The van der Waals surface area contributed by atoms with Crippen LogP contribution in [-0.2, 0) is 0 Å². The van der Waals surface area contributed by atoms with E-state index in [0.717, 1.165) is 33.9 Å². The summed E-state index contributed by atoms with van der Waals surface area (Å²) in [6.07, 6.45) is 0. The van der Waals surface area contributed by atoms with Gasteiger partial charge in [-0.2, -0.15) is 20.5 Å². The summed E-state index contributed by atoms with van der Waals surface area (Å²) in [5, 5.41) is 17.0. The Morgan fingerprint density at radius 2 is 0.567 bits per heavy atom. The second kappa shape index (κ2) is 8.79. The molecule has 0 fully saturated rings. The van der Waals surface area contributed by atoms with Crippen LogP contribution in [0.4, 0.5) is 34.1 Å². The number of hydrogen-bond acceptors (Lipinski definition) is 6. The van der Waals surface area contributed by atoms with Crippen LogP contribution in [0.1, 0.15) is 0 Å². The summed E-state index contributed by atoms with van der Waals surface area (Å²) >= 11 is 0. The minimum Gasteiger partial charge on any atom is -0.399 e. The average molecular weight is 392 g/mol. The maximum Gasteiger partial charge on any atom is 0.0858 e. The lowest BCUT2D eigenvalue weighted by Crippen LogP contribution is -1.80. The van der Waals surface area contributed by atoms with Crippen molar-refractivity contribution in [3.63, 3.8) is 0 Å². The van der Waals surface area contributed by atoms with Crippen molar-refractivity contribution in [2.24, 2.45) is 20.5 Å². The van der Waals surface area contributed by atoms with Gasteiger partial charge in [0.05, 0.1) is 22.7 Å². The smallest absolute Gasteiger partial charge is 0.0858 e. The third kappa shape index (κ3) is 4.94. The summed E-state index contributed by atoms with van der Waals surface area (Å²) in [5.74, 6) is 0. The number of hydrogen-bond donors (Lipinski definition) is 2. The van der Waals surface area contributed by atoms with Gasteiger partial charge in [0.2, 0.25) is 0 Å². The zero-order valence-corrected chi connectivity index (χ0v) is 16.2. The normalized spacial score (nSPS) is 11.3. The van der Waals surface area contributed by atoms with Crippen molar-refractivity contribution in [2.75, 3.05) is 11.5 Å². The highest BCUT2D eigenvalue weighted by Gasteiger charge is 1.99. The zero-order valence-electron chi connectivity index (χ0n) is 16.2. The lowest BCUT2D eigenvalue weighted by molar-refractivity contribution is 1.23. The van der Waals surface area contributed by atoms with Gasteiger partial charge in [0.15, 0.2) is 0 Å². The van der Waals surface area contributed by atoms with Gasteiger partial charge in [0.1, 0.15) is 0 Å². The van der Waals surface area contributed by atoms with E-state index in [1.165, 1.54) is 0 Å². The molecule has 0 radical (unpaired) electrons. The first-order valence-corrected chi connectivity index (χ1v) is 9.41. The van der Waals surface area contributed by atoms with Gasteiger partial charge in [-0.05, 0) is 83.9 Å². The van der Waals surface area contributed by atoms with Gasteiger partial charge in [-0.3, -0.25) is 0 Å². The second-order valence-corrected chi connectivity index (χ2v) is 6.68.